The van der Waals surface area contributed by atoms with Crippen LogP contribution in [0.3, 0.4) is 0 Å². The predicted molar refractivity (Wildman–Crippen MR) is 102 cm³/mol. The van der Waals surface area contributed by atoms with Crippen LogP contribution in [-0.2, 0) is 24.3 Å². The third-order valence-corrected chi connectivity index (χ3v) is 4.46. The molecule has 2 N–H and O–H groups in total. The molecule has 0 spiro atoms. The summed E-state index contributed by atoms with van der Waals surface area (Å²) in [6.45, 7) is 1.33. The lowest BCUT2D eigenvalue weighted by molar-refractivity contribution is -0.120. The molecule has 1 amide bonds. The third kappa shape index (κ3) is 3.67. The Morgan fingerprint density at radius 2 is 1.88 bits per heavy atom. The number of hydrogen-bond donors (Lipinski definition) is 2. The van der Waals surface area contributed by atoms with Crippen LogP contribution >= 0.6 is 0 Å². The van der Waals surface area contributed by atoms with Crippen molar-refractivity contribution in [3.05, 3.63) is 90.1 Å². The summed E-state index contributed by atoms with van der Waals surface area (Å²) in [4.78, 5) is 19.5. The number of carbonyl (C=O) groups excluding carboxylic acids is 1. The van der Waals surface area contributed by atoms with Crippen molar-refractivity contribution in [1.29, 1.82) is 0 Å². The summed E-state index contributed by atoms with van der Waals surface area (Å²) in [5.41, 5.74) is 4.38. The number of rotatable bonds is 6. The number of aromatic amines is 1. The van der Waals surface area contributed by atoms with E-state index < -0.39 is 0 Å². The normalized spacial score (nSPS) is 10.9. The smallest absolute Gasteiger partial charge is 0.224 e. The number of carbonyl (C=O) groups is 1. The van der Waals surface area contributed by atoms with E-state index in [4.69, 9.17) is 0 Å². The summed E-state index contributed by atoms with van der Waals surface area (Å²) in [5.74, 6) is 0.0252. The molecule has 4 rings (SSSR count). The van der Waals surface area contributed by atoms with Crippen LogP contribution in [-0.4, -0.2) is 20.4 Å². The summed E-state index contributed by atoms with van der Waals surface area (Å²) in [5, 5.41) is 4.10. The number of fused-ring (bicyclic) bond motifs is 1. The topological polar surface area (TPSA) is 62.7 Å². The van der Waals surface area contributed by atoms with Crippen molar-refractivity contribution in [2.24, 2.45) is 0 Å². The number of benzene rings is 2. The Labute approximate surface area is 151 Å². The third-order valence-electron chi connectivity index (χ3n) is 4.46. The van der Waals surface area contributed by atoms with Gasteiger partial charge < -0.3 is 14.9 Å². The van der Waals surface area contributed by atoms with E-state index in [1.165, 1.54) is 5.56 Å². The first-order chi connectivity index (χ1) is 12.8. The van der Waals surface area contributed by atoms with E-state index in [9.17, 15) is 4.79 Å². The molecule has 0 fully saturated rings. The number of aromatic nitrogens is 3. The number of H-pyrrole nitrogens is 1. The Kier molecular flexibility index (Phi) is 4.51. The van der Waals surface area contributed by atoms with E-state index in [1.54, 1.807) is 12.5 Å². The maximum absolute atomic E-state index is 12.3. The Balaban J connectivity index is 1.32. The van der Waals surface area contributed by atoms with E-state index >= 15 is 0 Å². The van der Waals surface area contributed by atoms with Crippen LogP contribution in [0.15, 0.2) is 73.4 Å². The Hall–Kier alpha value is -3.34. The minimum absolute atomic E-state index is 0.0252. The molecular weight excluding hydrogens is 324 g/mol. The van der Waals surface area contributed by atoms with Crippen molar-refractivity contribution in [1.82, 2.24) is 19.9 Å². The molecule has 0 aliphatic rings. The highest BCUT2D eigenvalue weighted by molar-refractivity contribution is 5.88. The van der Waals surface area contributed by atoms with Gasteiger partial charge in [-0.1, -0.05) is 42.5 Å². The number of amides is 1. The lowest BCUT2D eigenvalue weighted by Crippen LogP contribution is -2.24. The molecule has 0 aliphatic carbocycles. The van der Waals surface area contributed by atoms with Crippen LogP contribution in [0.2, 0.25) is 0 Å². The zero-order valence-corrected chi connectivity index (χ0v) is 14.4. The number of nitrogens with one attached hydrogen (secondary N) is 2. The van der Waals surface area contributed by atoms with Crippen LogP contribution in [0, 0.1) is 0 Å². The minimum atomic E-state index is 0.0252. The number of nitrogens with zero attached hydrogens (tertiary/aromatic N) is 2. The van der Waals surface area contributed by atoms with Crippen LogP contribution < -0.4 is 5.32 Å². The first-order valence-corrected chi connectivity index (χ1v) is 8.63. The molecule has 5 nitrogen and oxygen atoms in total. The van der Waals surface area contributed by atoms with Gasteiger partial charge in [0.25, 0.3) is 0 Å². The lowest BCUT2D eigenvalue weighted by atomic mass is 10.1. The largest absolute Gasteiger partial charge is 0.361 e. The number of para-hydroxylation sites is 1. The van der Waals surface area contributed by atoms with Crippen LogP contribution in [0.1, 0.15) is 16.7 Å². The van der Waals surface area contributed by atoms with Gasteiger partial charge in [-0.25, -0.2) is 4.98 Å². The molecular formula is C21H20N4O. The Bertz CT molecular complexity index is 1000. The molecule has 0 atom stereocenters. The molecule has 130 valence electrons. The maximum Gasteiger partial charge on any atom is 0.224 e. The first kappa shape index (κ1) is 16.1. The minimum Gasteiger partial charge on any atom is -0.361 e. The van der Waals surface area contributed by atoms with Gasteiger partial charge in [0.1, 0.15) is 0 Å². The van der Waals surface area contributed by atoms with Crippen molar-refractivity contribution in [3.8, 4) is 0 Å². The highest BCUT2D eigenvalue weighted by Crippen LogP contribution is 2.18. The van der Waals surface area contributed by atoms with Gasteiger partial charge in [-0.2, -0.15) is 0 Å². The van der Waals surface area contributed by atoms with E-state index in [2.05, 4.69) is 39.6 Å². The van der Waals surface area contributed by atoms with Crippen molar-refractivity contribution >= 4 is 16.8 Å². The fraction of sp³-hybridized carbons (Fsp3) is 0.143. The molecule has 0 radical (unpaired) electrons. The molecule has 2 heterocycles. The van der Waals surface area contributed by atoms with E-state index in [0.29, 0.717) is 13.0 Å². The van der Waals surface area contributed by atoms with Crippen LogP contribution in [0.5, 0.6) is 0 Å². The van der Waals surface area contributed by atoms with Gasteiger partial charge in [-0.05, 0) is 22.8 Å². The summed E-state index contributed by atoms with van der Waals surface area (Å²) >= 11 is 0. The van der Waals surface area contributed by atoms with Gasteiger partial charge in [0.05, 0.1) is 12.7 Å². The predicted octanol–water partition coefficient (Wildman–Crippen LogP) is 3.27. The lowest BCUT2D eigenvalue weighted by Gasteiger charge is -2.07. The molecule has 0 saturated heterocycles. The monoisotopic (exact) mass is 344 g/mol. The van der Waals surface area contributed by atoms with Crippen molar-refractivity contribution in [2.45, 2.75) is 19.5 Å². The second-order valence-corrected chi connectivity index (χ2v) is 6.36. The number of imidazole rings is 1. The quantitative estimate of drug-likeness (QED) is 0.564. The summed E-state index contributed by atoms with van der Waals surface area (Å²) < 4.78 is 2.03. The van der Waals surface area contributed by atoms with Crippen molar-refractivity contribution in [3.63, 3.8) is 0 Å². The molecule has 2 aromatic carbocycles. The van der Waals surface area contributed by atoms with Gasteiger partial charge in [-0.15, -0.1) is 0 Å². The Morgan fingerprint density at radius 3 is 2.69 bits per heavy atom. The summed E-state index contributed by atoms with van der Waals surface area (Å²) in [7, 11) is 0. The summed E-state index contributed by atoms with van der Waals surface area (Å²) in [6.07, 6.45) is 7.81. The molecule has 2 aromatic heterocycles. The fourth-order valence-corrected chi connectivity index (χ4v) is 3.07. The van der Waals surface area contributed by atoms with E-state index in [0.717, 1.165) is 28.6 Å². The fourth-order valence-electron chi connectivity index (χ4n) is 3.07. The zero-order chi connectivity index (χ0) is 17.8. The molecule has 0 saturated carbocycles. The van der Waals surface area contributed by atoms with Gasteiger partial charge in [-0.3, -0.25) is 4.79 Å². The van der Waals surface area contributed by atoms with Gasteiger partial charge in [0, 0.05) is 42.6 Å². The molecule has 26 heavy (non-hydrogen) atoms. The average molecular weight is 344 g/mol. The molecule has 0 unspecified atom stereocenters. The first-order valence-electron chi connectivity index (χ1n) is 8.63. The number of hydrogen-bond acceptors (Lipinski definition) is 2. The van der Waals surface area contributed by atoms with Gasteiger partial charge >= 0.3 is 0 Å². The Morgan fingerprint density at radius 1 is 1.08 bits per heavy atom. The van der Waals surface area contributed by atoms with Crippen molar-refractivity contribution < 1.29 is 4.79 Å². The summed E-state index contributed by atoms with van der Waals surface area (Å²) in [6, 6.07) is 16.3. The van der Waals surface area contributed by atoms with E-state index in [1.807, 2.05) is 41.2 Å². The van der Waals surface area contributed by atoms with Crippen LogP contribution in [0.25, 0.3) is 10.9 Å². The second kappa shape index (κ2) is 7.27. The zero-order valence-electron chi connectivity index (χ0n) is 14.4. The van der Waals surface area contributed by atoms with E-state index in [-0.39, 0.29) is 5.91 Å². The highest BCUT2D eigenvalue weighted by atomic mass is 16.1. The highest BCUT2D eigenvalue weighted by Gasteiger charge is 2.08. The molecule has 5 heteroatoms. The average Bonchev–Trinajstić information content (AvgIpc) is 3.32. The van der Waals surface area contributed by atoms with Gasteiger partial charge in [0.15, 0.2) is 0 Å². The SMILES string of the molecule is O=C(Cc1c[nH]c2ccccc12)NCc1ccc(Cn2ccnc2)cc1. The molecule has 0 bridgehead atoms. The second-order valence-electron chi connectivity index (χ2n) is 6.36. The molecule has 0 aliphatic heterocycles. The standard InChI is InChI=1S/C21H20N4O/c26-21(11-18-13-23-20-4-2-1-3-19(18)20)24-12-16-5-7-17(8-6-16)14-25-10-9-22-15-25/h1-10,13,15,23H,11-12,14H2,(H,24,26). The molecule has 4 aromatic rings. The van der Waals surface area contributed by atoms with Crippen molar-refractivity contribution in [2.75, 3.05) is 0 Å². The van der Waals surface area contributed by atoms with Gasteiger partial charge in [0.2, 0.25) is 5.91 Å². The maximum atomic E-state index is 12.3. The van der Waals surface area contributed by atoms with Crippen LogP contribution in [0.4, 0.5) is 0 Å².